The third-order valence-electron chi connectivity index (χ3n) is 6.41. The number of nitrogens with one attached hydrogen (secondary N) is 1. The molecule has 0 radical (unpaired) electrons. The van der Waals surface area contributed by atoms with E-state index in [0.717, 1.165) is 71.5 Å². The van der Waals surface area contributed by atoms with Crippen LogP contribution in [0.5, 0.6) is 0 Å². The fourth-order valence-corrected chi connectivity index (χ4v) is 4.66. The fraction of sp³-hybridized carbons (Fsp3) is 0.269. The quantitative estimate of drug-likeness (QED) is 0.462. The van der Waals surface area contributed by atoms with Gasteiger partial charge in [-0.25, -0.2) is 9.97 Å². The number of morpholine rings is 1. The Labute approximate surface area is 197 Å². The zero-order valence-corrected chi connectivity index (χ0v) is 18.8. The number of fused-ring (bicyclic) bond motifs is 2. The number of hydrogen-bond acceptors (Lipinski definition) is 7. The van der Waals surface area contributed by atoms with Gasteiger partial charge in [0, 0.05) is 61.5 Å². The lowest BCUT2D eigenvalue weighted by atomic mass is 9.98. The molecule has 0 spiro atoms. The van der Waals surface area contributed by atoms with E-state index < -0.39 is 0 Å². The number of aromatic nitrogens is 3. The standard InChI is InChI=1S/C26H26N6O2/c33-10-5-23-22-3-1-18(13-19(22)15-28-23)20-14-24(26-27-6-7-32(26)17-20)30-25-4-2-21(16-29-25)31-8-11-34-12-9-31/h1-4,6-7,13-14,16-17,33H,5,8-12,15H2,(H,29,30). The minimum absolute atomic E-state index is 0.119. The number of anilines is 3. The molecule has 8 nitrogen and oxygen atoms in total. The summed E-state index contributed by atoms with van der Waals surface area (Å²) < 4.78 is 7.47. The molecule has 1 aromatic carbocycles. The maximum Gasteiger partial charge on any atom is 0.160 e. The molecule has 1 fully saturated rings. The van der Waals surface area contributed by atoms with Gasteiger partial charge < -0.3 is 24.5 Å². The number of aliphatic hydroxyl groups excluding tert-OH is 1. The molecule has 6 rings (SSSR count). The second-order valence-corrected chi connectivity index (χ2v) is 8.54. The van der Waals surface area contributed by atoms with Crippen LogP contribution in [0.3, 0.4) is 0 Å². The average molecular weight is 455 g/mol. The van der Waals surface area contributed by atoms with Gasteiger partial charge in [0.2, 0.25) is 0 Å². The van der Waals surface area contributed by atoms with Crippen molar-refractivity contribution in [2.75, 3.05) is 43.1 Å². The van der Waals surface area contributed by atoms with E-state index in [2.05, 4.69) is 61.7 Å². The molecule has 0 bridgehead atoms. The minimum atomic E-state index is 0.119. The SMILES string of the molecule is OCCC1=NCc2cc(-c3cc(Nc4ccc(N5CCOCC5)cn4)c4nccn4c3)ccc21. The number of imidazole rings is 1. The molecule has 4 aromatic rings. The molecule has 3 aromatic heterocycles. The van der Waals surface area contributed by atoms with Crippen LogP contribution in [0.2, 0.25) is 0 Å². The van der Waals surface area contributed by atoms with Gasteiger partial charge in [0.15, 0.2) is 5.65 Å². The second-order valence-electron chi connectivity index (χ2n) is 8.54. The summed E-state index contributed by atoms with van der Waals surface area (Å²) in [6.45, 7) is 4.06. The zero-order chi connectivity index (χ0) is 22.9. The van der Waals surface area contributed by atoms with Crippen molar-refractivity contribution in [1.82, 2.24) is 14.4 Å². The minimum Gasteiger partial charge on any atom is -0.396 e. The van der Waals surface area contributed by atoms with Crippen molar-refractivity contribution in [3.05, 3.63) is 72.3 Å². The summed E-state index contributed by atoms with van der Waals surface area (Å²) in [5.41, 5.74) is 8.37. The highest BCUT2D eigenvalue weighted by Crippen LogP contribution is 2.31. The number of aliphatic imine (C=N–C) groups is 1. The van der Waals surface area contributed by atoms with E-state index in [0.29, 0.717) is 13.0 Å². The molecular weight excluding hydrogens is 428 g/mol. The molecule has 2 aliphatic rings. The molecule has 0 unspecified atom stereocenters. The topological polar surface area (TPSA) is 87.3 Å². The molecular formula is C26H26N6O2. The van der Waals surface area contributed by atoms with Crippen molar-refractivity contribution in [3.63, 3.8) is 0 Å². The Balaban J connectivity index is 1.29. The Morgan fingerprint density at radius 2 is 1.94 bits per heavy atom. The summed E-state index contributed by atoms with van der Waals surface area (Å²) in [6.07, 6.45) is 8.35. The molecule has 172 valence electrons. The molecule has 0 aliphatic carbocycles. The molecule has 2 aliphatic heterocycles. The number of benzene rings is 1. The average Bonchev–Trinajstić information content (AvgIpc) is 3.52. The lowest BCUT2D eigenvalue weighted by Crippen LogP contribution is -2.36. The van der Waals surface area contributed by atoms with Crippen molar-refractivity contribution in [2.24, 2.45) is 4.99 Å². The Kier molecular flexibility index (Phi) is 5.44. The molecule has 5 heterocycles. The van der Waals surface area contributed by atoms with Crippen molar-refractivity contribution in [1.29, 1.82) is 0 Å². The van der Waals surface area contributed by atoms with E-state index in [1.807, 2.05) is 22.9 Å². The van der Waals surface area contributed by atoms with Crippen LogP contribution in [0.15, 0.2) is 66.2 Å². The Bertz CT molecular complexity index is 1360. The lowest BCUT2D eigenvalue weighted by Gasteiger charge is -2.28. The van der Waals surface area contributed by atoms with Crippen LogP contribution >= 0.6 is 0 Å². The first-order chi connectivity index (χ1) is 16.8. The third kappa shape index (κ3) is 3.91. The summed E-state index contributed by atoms with van der Waals surface area (Å²) >= 11 is 0. The van der Waals surface area contributed by atoms with Gasteiger partial charge in [0.1, 0.15) is 5.82 Å². The van der Waals surface area contributed by atoms with Gasteiger partial charge in [-0.15, -0.1) is 0 Å². The summed E-state index contributed by atoms with van der Waals surface area (Å²) in [7, 11) is 0. The third-order valence-corrected chi connectivity index (χ3v) is 6.41. The van der Waals surface area contributed by atoms with Gasteiger partial charge in [-0.05, 0) is 35.4 Å². The predicted molar refractivity (Wildman–Crippen MR) is 133 cm³/mol. The van der Waals surface area contributed by atoms with Gasteiger partial charge in [0.05, 0.1) is 37.3 Å². The van der Waals surface area contributed by atoms with Gasteiger partial charge in [-0.3, -0.25) is 4.99 Å². The monoisotopic (exact) mass is 454 g/mol. The highest BCUT2D eigenvalue weighted by atomic mass is 16.5. The molecule has 8 heteroatoms. The van der Waals surface area contributed by atoms with Crippen molar-refractivity contribution >= 4 is 28.6 Å². The van der Waals surface area contributed by atoms with Gasteiger partial charge in [-0.2, -0.15) is 0 Å². The van der Waals surface area contributed by atoms with E-state index in [-0.39, 0.29) is 6.61 Å². The normalized spacial score (nSPS) is 15.4. The molecule has 2 N–H and O–H groups in total. The first-order valence-corrected chi connectivity index (χ1v) is 11.6. The van der Waals surface area contributed by atoms with Crippen molar-refractivity contribution < 1.29 is 9.84 Å². The van der Waals surface area contributed by atoms with Crippen molar-refractivity contribution in [3.8, 4) is 11.1 Å². The highest BCUT2D eigenvalue weighted by molar-refractivity contribution is 6.04. The van der Waals surface area contributed by atoms with Gasteiger partial charge in [0.25, 0.3) is 0 Å². The number of rotatable bonds is 6. The van der Waals surface area contributed by atoms with Crippen LogP contribution < -0.4 is 10.2 Å². The van der Waals surface area contributed by atoms with Crippen LogP contribution in [0.25, 0.3) is 16.8 Å². The molecule has 34 heavy (non-hydrogen) atoms. The number of ether oxygens (including phenoxy) is 1. The highest BCUT2D eigenvalue weighted by Gasteiger charge is 2.17. The Hall–Kier alpha value is -3.75. The molecule has 0 atom stereocenters. The smallest absolute Gasteiger partial charge is 0.160 e. The summed E-state index contributed by atoms with van der Waals surface area (Å²) in [4.78, 5) is 16.1. The van der Waals surface area contributed by atoms with Crippen LogP contribution in [-0.4, -0.2) is 58.1 Å². The summed E-state index contributed by atoms with van der Waals surface area (Å²) in [5, 5.41) is 12.8. The number of aliphatic hydroxyl groups is 1. The number of hydrogen-bond donors (Lipinski definition) is 2. The van der Waals surface area contributed by atoms with E-state index in [1.165, 1.54) is 5.56 Å². The van der Waals surface area contributed by atoms with E-state index in [1.54, 1.807) is 6.20 Å². The first-order valence-electron chi connectivity index (χ1n) is 11.6. The van der Waals surface area contributed by atoms with E-state index in [4.69, 9.17) is 4.74 Å². The van der Waals surface area contributed by atoms with E-state index >= 15 is 0 Å². The first kappa shape index (κ1) is 20.8. The predicted octanol–water partition coefficient (Wildman–Crippen LogP) is 3.66. The number of nitrogens with zero attached hydrogens (tertiary/aromatic N) is 5. The molecule has 0 amide bonds. The summed E-state index contributed by atoms with van der Waals surface area (Å²) in [6, 6.07) is 12.6. The van der Waals surface area contributed by atoms with Crippen LogP contribution in [0, 0.1) is 0 Å². The second kappa shape index (κ2) is 8.89. The Morgan fingerprint density at radius 1 is 1.03 bits per heavy atom. The largest absolute Gasteiger partial charge is 0.396 e. The van der Waals surface area contributed by atoms with Gasteiger partial charge >= 0.3 is 0 Å². The lowest BCUT2D eigenvalue weighted by molar-refractivity contribution is 0.122. The fourth-order valence-electron chi connectivity index (χ4n) is 4.66. The van der Waals surface area contributed by atoms with Gasteiger partial charge in [-0.1, -0.05) is 12.1 Å². The van der Waals surface area contributed by atoms with Crippen LogP contribution in [-0.2, 0) is 11.3 Å². The zero-order valence-electron chi connectivity index (χ0n) is 18.8. The summed E-state index contributed by atoms with van der Waals surface area (Å²) in [5.74, 6) is 0.773. The van der Waals surface area contributed by atoms with E-state index in [9.17, 15) is 5.11 Å². The maximum absolute atomic E-state index is 9.29. The van der Waals surface area contributed by atoms with Crippen molar-refractivity contribution in [2.45, 2.75) is 13.0 Å². The van der Waals surface area contributed by atoms with Crippen LogP contribution in [0.1, 0.15) is 17.5 Å². The Morgan fingerprint density at radius 3 is 2.76 bits per heavy atom. The van der Waals surface area contributed by atoms with Crippen LogP contribution in [0.4, 0.5) is 17.2 Å². The molecule has 0 saturated carbocycles. The number of pyridine rings is 2. The molecule has 1 saturated heterocycles. The maximum atomic E-state index is 9.29.